The zero-order valence-corrected chi connectivity index (χ0v) is 6.83. The molecule has 0 unspecified atom stereocenters. The predicted molar refractivity (Wildman–Crippen MR) is 41.7 cm³/mol. The van der Waals surface area contributed by atoms with E-state index in [4.69, 9.17) is 0 Å². The van der Waals surface area contributed by atoms with Crippen molar-refractivity contribution in [3.05, 3.63) is 34.6 Å². The van der Waals surface area contributed by atoms with Gasteiger partial charge in [0, 0.05) is 18.2 Å². The van der Waals surface area contributed by atoms with E-state index >= 15 is 0 Å². The topological polar surface area (TPSA) is 12.0 Å². The molecule has 0 amide bonds. The number of benzene rings is 1. The second kappa shape index (κ2) is 3.03. The quantitative estimate of drug-likeness (QED) is 0.610. The molecule has 1 aromatic carbocycles. The first-order valence-electron chi connectivity index (χ1n) is 4.06. The maximum Gasteiger partial charge on any atom is 0.162 e. The highest BCUT2D eigenvalue weighted by molar-refractivity contribution is 5.32. The molecule has 1 aliphatic heterocycles. The van der Waals surface area contributed by atoms with Gasteiger partial charge in [-0.05, 0) is 18.5 Å². The number of nitrogens with one attached hydrogen (secondary N) is 1. The molecule has 0 radical (unpaired) electrons. The van der Waals surface area contributed by atoms with Crippen molar-refractivity contribution in [2.75, 3.05) is 6.54 Å². The zero-order chi connectivity index (χ0) is 9.42. The van der Waals surface area contributed by atoms with Crippen LogP contribution in [0.3, 0.4) is 0 Å². The average Bonchev–Trinajstić information content (AvgIpc) is 2.15. The van der Waals surface area contributed by atoms with Crippen molar-refractivity contribution in [1.82, 2.24) is 5.32 Å². The first-order valence-corrected chi connectivity index (χ1v) is 4.06. The summed E-state index contributed by atoms with van der Waals surface area (Å²) in [6, 6.07) is 0.598. The van der Waals surface area contributed by atoms with Crippen LogP contribution in [0.4, 0.5) is 13.2 Å². The highest BCUT2D eigenvalue weighted by Crippen LogP contribution is 2.22. The van der Waals surface area contributed by atoms with Gasteiger partial charge in [0.05, 0.1) is 0 Å². The monoisotopic (exact) mass is 187 g/mol. The normalized spacial score (nSPS) is 15.6. The maximum absolute atomic E-state index is 13.1. The number of hydrogen-bond donors (Lipinski definition) is 1. The molecule has 1 aromatic rings. The predicted octanol–water partition coefficient (Wildman–Crippen LogP) is 1.75. The Morgan fingerprint density at radius 1 is 1.08 bits per heavy atom. The second-order valence-corrected chi connectivity index (χ2v) is 3.04. The zero-order valence-electron chi connectivity index (χ0n) is 6.83. The van der Waals surface area contributed by atoms with Crippen molar-refractivity contribution in [1.29, 1.82) is 0 Å². The Hall–Kier alpha value is -1.03. The molecule has 1 heterocycles. The van der Waals surface area contributed by atoms with Crippen molar-refractivity contribution in [2.45, 2.75) is 13.0 Å². The molecule has 0 aromatic heterocycles. The van der Waals surface area contributed by atoms with Gasteiger partial charge in [0.2, 0.25) is 0 Å². The van der Waals surface area contributed by atoms with Gasteiger partial charge in [-0.15, -0.1) is 0 Å². The molecule has 1 nitrogen and oxygen atoms in total. The molecule has 0 saturated heterocycles. The summed E-state index contributed by atoms with van der Waals surface area (Å²) in [7, 11) is 0. The summed E-state index contributed by atoms with van der Waals surface area (Å²) in [5.74, 6) is -2.67. The largest absolute Gasteiger partial charge is 0.312 e. The summed E-state index contributed by atoms with van der Waals surface area (Å²) in [4.78, 5) is 0. The van der Waals surface area contributed by atoms with Crippen LogP contribution >= 0.6 is 0 Å². The molecular weight excluding hydrogens is 179 g/mol. The van der Waals surface area contributed by atoms with Crippen LogP contribution in [-0.2, 0) is 13.0 Å². The third kappa shape index (κ3) is 1.31. The van der Waals surface area contributed by atoms with Crippen molar-refractivity contribution < 1.29 is 13.2 Å². The lowest BCUT2D eigenvalue weighted by molar-refractivity contribution is 0.463. The summed E-state index contributed by atoms with van der Waals surface area (Å²) in [6.45, 7) is 0.838. The molecule has 0 aliphatic carbocycles. The lowest BCUT2D eigenvalue weighted by Gasteiger charge is -2.18. The van der Waals surface area contributed by atoms with E-state index in [0.717, 1.165) is 0 Å². The van der Waals surface area contributed by atoms with Crippen LogP contribution in [0.5, 0.6) is 0 Å². The van der Waals surface area contributed by atoms with E-state index in [1.54, 1.807) is 0 Å². The van der Waals surface area contributed by atoms with E-state index in [9.17, 15) is 13.2 Å². The van der Waals surface area contributed by atoms with Gasteiger partial charge in [-0.3, -0.25) is 0 Å². The standard InChI is InChI=1S/C9H8F3N/c10-7-3-8(11)9(12)5-1-2-13-4-6(5)7/h3,13H,1-2,4H2. The smallest absolute Gasteiger partial charge is 0.162 e. The van der Waals surface area contributed by atoms with E-state index in [1.807, 2.05) is 0 Å². The van der Waals surface area contributed by atoms with Gasteiger partial charge >= 0.3 is 0 Å². The Labute approximate surface area is 73.6 Å². The van der Waals surface area contributed by atoms with Gasteiger partial charge in [-0.1, -0.05) is 0 Å². The van der Waals surface area contributed by atoms with E-state index in [1.165, 1.54) is 0 Å². The fourth-order valence-electron chi connectivity index (χ4n) is 1.56. The third-order valence-corrected chi connectivity index (χ3v) is 2.23. The van der Waals surface area contributed by atoms with Crippen LogP contribution in [0.2, 0.25) is 0 Å². The van der Waals surface area contributed by atoms with Gasteiger partial charge in [0.1, 0.15) is 5.82 Å². The highest BCUT2D eigenvalue weighted by atomic mass is 19.2. The first kappa shape index (κ1) is 8.56. The Bertz CT molecular complexity index is 349. The summed E-state index contributed by atoms with van der Waals surface area (Å²) in [5.41, 5.74) is 0.432. The van der Waals surface area contributed by atoms with Gasteiger partial charge in [0.25, 0.3) is 0 Å². The van der Waals surface area contributed by atoms with E-state index in [2.05, 4.69) is 5.32 Å². The molecule has 0 saturated carbocycles. The maximum atomic E-state index is 13.1. The van der Waals surface area contributed by atoms with Crippen molar-refractivity contribution >= 4 is 0 Å². The number of halogens is 3. The molecule has 13 heavy (non-hydrogen) atoms. The average molecular weight is 187 g/mol. The van der Waals surface area contributed by atoms with Gasteiger partial charge in [-0.25, -0.2) is 13.2 Å². The highest BCUT2D eigenvalue weighted by Gasteiger charge is 2.20. The summed E-state index contributed by atoms with van der Waals surface area (Å²) in [5, 5.41) is 2.90. The minimum atomic E-state index is -1.10. The molecule has 70 valence electrons. The van der Waals surface area contributed by atoms with E-state index in [0.29, 0.717) is 19.0 Å². The SMILES string of the molecule is Fc1cc(F)c2c(c1F)CCNC2. The second-order valence-electron chi connectivity index (χ2n) is 3.04. The van der Waals surface area contributed by atoms with Gasteiger partial charge in [-0.2, -0.15) is 0 Å². The lowest BCUT2D eigenvalue weighted by Crippen LogP contribution is -2.26. The fourth-order valence-corrected chi connectivity index (χ4v) is 1.56. The number of fused-ring (bicyclic) bond motifs is 1. The molecule has 4 heteroatoms. The van der Waals surface area contributed by atoms with Crippen LogP contribution in [0.15, 0.2) is 6.07 Å². The molecule has 2 rings (SSSR count). The van der Waals surface area contributed by atoms with E-state index < -0.39 is 17.5 Å². The van der Waals surface area contributed by atoms with Crippen LogP contribution < -0.4 is 5.32 Å². The Morgan fingerprint density at radius 2 is 1.85 bits per heavy atom. The lowest BCUT2D eigenvalue weighted by atomic mass is 10.00. The van der Waals surface area contributed by atoms with Crippen molar-refractivity contribution in [3.8, 4) is 0 Å². The Kier molecular flexibility index (Phi) is 2.00. The van der Waals surface area contributed by atoms with Gasteiger partial charge in [0.15, 0.2) is 11.6 Å². The summed E-state index contributed by atoms with van der Waals surface area (Å²) in [6.07, 6.45) is 0.343. The van der Waals surface area contributed by atoms with Crippen LogP contribution in [0.1, 0.15) is 11.1 Å². The minimum Gasteiger partial charge on any atom is -0.312 e. The summed E-state index contributed by atoms with van der Waals surface area (Å²) < 4.78 is 38.9. The minimum absolute atomic E-state index is 0.177. The van der Waals surface area contributed by atoms with Crippen LogP contribution in [0.25, 0.3) is 0 Å². The molecule has 0 fully saturated rings. The van der Waals surface area contributed by atoms with Crippen LogP contribution in [-0.4, -0.2) is 6.54 Å². The molecular formula is C9H8F3N. The number of rotatable bonds is 0. The van der Waals surface area contributed by atoms with Gasteiger partial charge < -0.3 is 5.32 Å². The first-order chi connectivity index (χ1) is 6.20. The Balaban J connectivity index is 2.63. The van der Waals surface area contributed by atoms with Crippen molar-refractivity contribution in [2.24, 2.45) is 0 Å². The molecule has 0 bridgehead atoms. The third-order valence-electron chi connectivity index (χ3n) is 2.23. The number of hydrogen-bond acceptors (Lipinski definition) is 1. The molecule has 0 atom stereocenters. The Morgan fingerprint density at radius 3 is 2.62 bits per heavy atom. The molecule has 1 N–H and O–H groups in total. The summed E-state index contributed by atoms with van der Waals surface area (Å²) >= 11 is 0. The van der Waals surface area contributed by atoms with Crippen molar-refractivity contribution in [3.63, 3.8) is 0 Å². The molecule has 0 spiro atoms. The van der Waals surface area contributed by atoms with E-state index in [-0.39, 0.29) is 17.7 Å². The molecule has 1 aliphatic rings. The van der Waals surface area contributed by atoms with Crippen LogP contribution in [0, 0.1) is 17.5 Å². The fraction of sp³-hybridized carbons (Fsp3) is 0.333.